The zero-order chi connectivity index (χ0) is 15.7. The van der Waals surface area contributed by atoms with Gasteiger partial charge in [0, 0.05) is 12.6 Å². The van der Waals surface area contributed by atoms with E-state index < -0.39 is 5.82 Å². The Morgan fingerprint density at radius 3 is 2.91 bits per heavy atom. The Hall–Kier alpha value is -2.42. The molecule has 1 aliphatic rings. The molecule has 1 atom stereocenters. The molecule has 1 fully saturated rings. The highest BCUT2D eigenvalue weighted by Crippen LogP contribution is 2.30. The van der Waals surface area contributed by atoms with Crippen LogP contribution in [0, 0.1) is 31.0 Å². The van der Waals surface area contributed by atoms with Crippen LogP contribution in [0.15, 0.2) is 18.2 Å². The minimum atomic E-state index is -0.460. The SMILES string of the molecule is Cc1nc(C)n(C[C@H]2CCCN2c2cccc(F)c2C#N)n1. The van der Waals surface area contributed by atoms with E-state index in [-0.39, 0.29) is 11.6 Å². The third-order valence-electron chi connectivity index (χ3n) is 4.14. The highest BCUT2D eigenvalue weighted by atomic mass is 19.1. The Balaban J connectivity index is 1.90. The van der Waals surface area contributed by atoms with Crippen LogP contribution in [0.3, 0.4) is 0 Å². The van der Waals surface area contributed by atoms with Crippen molar-refractivity contribution in [1.82, 2.24) is 14.8 Å². The first-order valence-electron chi connectivity index (χ1n) is 7.43. The van der Waals surface area contributed by atoms with Crippen molar-refractivity contribution in [2.24, 2.45) is 0 Å². The molecule has 2 heterocycles. The average molecular weight is 299 g/mol. The summed E-state index contributed by atoms with van der Waals surface area (Å²) in [6.07, 6.45) is 2.03. The summed E-state index contributed by atoms with van der Waals surface area (Å²) in [6.45, 7) is 5.34. The van der Waals surface area contributed by atoms with Gasteiger partial charge in [-0.2, -0.15) is 10.4 Å². The van der Waals surface area contributed by atoms with Gasteiger partial charge in [0.05, 0.1) is 12.2 Å². The number of anilines is 1. The average Bonchev–Trinajstić information content (AvgIpc) is 3.06. The molecule has 0 aliphatic carbocycles. The van der Waals surface area contributed by atoms with Crippen LogP contribution in [0.4, 0.5) is 10.1 Å². The second-order valence-electron chi connectivity index (χ2n) is 5.62. The predicted octanol–water partition coefficient (Wildman–Crippen LogP) is 2.57. The first-order valence-corrected chi connectivity index (χ1v) is 7.43. The summed E-state index contributed by atoms with van der Waals surface area (Å²) >= 11 is 0. The number of aryl methyl sites for hydroxylation is 2. The number of nitrogens with zero attached hydrogens (tertiary/aromatic N) is 5. The van der Waals surface area contributed by atoms with Gasteiger partial charge in [0.25, 0.3) is 0 Å². The maximum atomic E-state index is 13.8. The monoisotopic (exact) mass is 299 g/mol. The highest BCUT2D eigenvalue weighted by Gasteiger charge is 2.28. The van der Waals surface area contributed by atoms with E-state index in [0.717, 1.165) is 31.0 Å². The Kier molecular flexibility index (Phi) is 3.80. The van der Waals surface area contributed by atoms with Crippen molar-refractivity contribution in [2.45, 2.75) is 39.3 Å². The minimum absolute atomic E-state index is 0.126. The van der Waals surface area contributed by atoms with E-state index in [4.69, 9.17) is 0 Å². The lowest BCUT2D eigenvalue weighted by molar-refractivity contribution is 0.496. The summed E-state index contributed by atoms with van der Waals surface area (Å²) in [6, 6.07) is 7.00. The van der Waals surface area contributed by atoms with Gasteiger partial charge in [0.1, 0.15) is 29.1 Å². The van der Waals surface area contributed by atoms with Crippen LogP contribution in [0.1, 0.15) is 30.1 Å². The van der Waals surface area contributed by atoms with Crippen LogP contribution in [-0.4, -0.2) is 27.4 Å². The molecule has 0 amide bonds. The van der Waals surface area contributed by atoms with Gasteiger partial charge in [0.2, 0.25) is 0 Å². The highest BCUT2D eigenvalue weighted by molar-refractivity contribution is 5.61. The maximum absolute atomic E-state index is 13.8. The van der Waals surface area contributed by atoms with Gasteiger partial charge in [-0.3, -0.25) is 0 Å². The molecule has 114 valence electrons. The molecule has 0 radical (unpaired) electrons. The lowest BCUT2D eigenvalue weighted by Gasteiger charge is -2.27. The van der Waals surface area contributed by atoms with Crippen molar-refractivity contribution in [3.8, 4) is 6.07 Å². The summed E-state index contributed by atoms with van der Waals surface area (Å²) in [4.78, 5) is 6.44. The number of benzene rings is 1. The third kappa shape index (κ3) is 2.54. The zero-order valence-corrected chi connectivity index (χ0v) is 12.8. The number of rotatable bonds is 3. The normalized spacial score (nSPS) is 17.7. The Morgan fingerprint density at radius 2 is 2.23 bits per heavy atom. The van der Waals surface area contributed by atoms with Crippen LogP contribution in [0.5, 0.6) is 0 Å². The quantitative estimate of drug-likeness (QED) is 0.874. The molecular formula is C16H18FN5. The van der Waals surface area contributed by atoms with Crippen molar-refractivity contribution in [3.05, 3.63) is 41.2 Å². The van der Waals surface area contributed by atoms with Crippen molar-refractivity contribution < 1.29 is 4.39 Å². The fourth-order valence-corrected chi connectivity index (χ4v) is 3.14. The number of hydrogen-bond acceptors (Lipinski definition) is 4. The smallest absolute Gasteiger partial charge is 0.147 e. The van der Waals surface area contributed by atoms with Gasteiger partial charge in [-0.1, -0.05) is 6.07 Å². The maximum Gasteiger partial charge on any atom is 0.147 e. The first kappa shape index (κ1) is 14.5. The number of aromatic nitrogens is 3. The van der Waals surface area contributed by atoms with Crippen LogP contribution >= 0.6 is 0 Å². The molecule has 0 saturated carbocycles. The van der Waals surface area contributed by atoms with E-state index in [9.17, 15) is 9.65 Å². The van der Waals surface area contributed by atoms with Gasteiger partial charge >= 0.3 is 0 Å². The van der Waals surface area contributed by atoms with E-state index in [1.807, 2.05) is 30.7 Å². The van der Waals surface area contributed by atoms with Gasteiger partial charge < -0.3 is 4.90 Å². The summed E-state index contributed by atoms with van der Waals surface area (Å²) < 4.78 is 15.7. The molecule has 6 heteroatoms. The van der Waals surface area contributed by atoms with Gasteiger partial charge in [-0.05, 0) is 38.8 Å². The second-order valence-corrected chi connectivity index (χ2v) is 5.62. The first-order chi connectivity index (χ1) is 10.6. The van der Waals surface area contributed by atoms with Crippen molar-refractivity contribution in [3.63, 3.8) is 0 Å². The molecule has 22 heavy (non-hydrogen) atoms. The topological polar surface area (TPSA) is 57.7 Å². The van der Waals surface area contributed by atoms with E-state index in [1.54, 1.807) is 6.07 Å². The largest absolute Gasteiger partial charge is 0.366 e. The minimum Gasteiger partial charge on any atom is -0.366 e. The lowest BCUT2D eigenvalue weighted by Crippen LogP contribution is -2.34. The predicted molar refractivity (Wildman–Crippen MR) is 81.0 cm³/mol. The fraction of sp³-hybridized carbons (Fsp3) is 0.438. The van der Waals surface area contributed by atoms with Crippen molar-refractivity contribution >= 4 is 5.69 Å². The fourth-order valence-electron chi connectivity index (χ4n) is 3.14. The summed E-state index contributed by atoms with van der Waals surface area (Å²) in [5, 5.41) is 13.6. The molecule has 0 unspecified atom stereocenters. The van der Waals surface area contributed by atoms with E-state index in [2.05, 4.69) is 15.0 Å². The Bertz CT molecular complexity index is 731. The molecule has 1 saturated heterocycles. The standard InChI is InChI=1S/C16H18FN5/c1-11-19-12(2)22(20-11)10-13-5-4-8-21(13)16-7-3-6-15(17)14(16)9-18/h3,6-7,13H,4-5,8,10H2,1-2H3/t13-/m1/s1. The number of hydrogen-bond donors (Lipinski definition) is 0. The van der Waals surface area contributed by atoms with Crippen LogP contribution in [0.2, 0.25) is 0 Å². The molecule has 1 aromatic carbocycles. The zero-order valence-electron chi connectivity index (χ0n) is 12.8. The molecule has 0 N–H and O–H groups in total. The molecule has 1 aliphatic heterocycles. The molecule has 2 aromatic rings. The molecule has 5 nitrogen and oxygen atoms in total. The van der Waals surface area contributed by atoms with Crippen molar-refractivity contribution in [1.29, 1.82) is 5.26 Å². The number of halogens is 1. The van der Waals surface area contributed by atoms with Crippen molar-refractivity contribution in [2.75, 3.05) is 11.4 Å². The Morgan fingerprint density at radius 1 is 1.41 bits per heavy atom. The summed E-state index contributed by atoms with van der Waals surface area (Å²) in [7, 11) is 0. The van der Waals surface area contributed by atoms with Crippen LogP contribution in [-0.2, 0) is 6.54 Å². The molecule has 0 spiro atoms. The molecule has 1 aromatic heterocycles. The Labute approximate surface area is 129 Å². The van der Waals surface area contributed by atoms with Crippen LogP contribution < -0.4 is 4.90 Å². The van der Waals surface area contributed by atoms with Gasteiger partial charge in [-0.25, -0.2) is 14.1 Å². The van der Waals surface area contributed by atoms with E-state index in [1.165, 1.54) is 6.07 Å². The third-order valence-corrected chi connectivity index (χ3v) is 4.14. The number of nitriles is 1. The molecule has 0 bridgehead atoms. The second kappa shape index (κ2) is 5.76. The summed E-state index contributed by atoms with van der Waals surface area (Å²) in [5.41, 5.74) is 0.806. The van der Waals surface area contributed by atoms with Gasteiger partial charge in [-0.15, -0.1) is 0 Å². The molecular weight excluding hydrogens is 281 g/mol. The van der Waals surface area contributed by atoms with Gasteiger partial charge in [0.15, 0.2) is 0 Å². The van der Waals surface area contributed by atoms with E-state index >= 15 is 0 Å². The summed E-state index contributed by atoms with van der Waals surface area (Å²) in [5.74, 6) is 1.17. The lowest BCUT2D eigenvalue weighted by atomic mass is 10.1. The van der Waals surface area contributed by atoms with E-state index in [0.29, 0.717) is 12.2 Å². The van der Waals surface area contributed by atoms with Crippen LogP contribution in [0.25, 0.3) is 0 Å². The molecule has 3 rings (SSSR count).